The van der Waals surface area contributed by atoms with Crippen LogP contribution in [-0.4, -0.2) is 58.5 Å². The third-order valence-corrected chi connectivity index (χ3v) is 8.96. The number of nitrogens with zero attached hydrogens (tertiary/aromatic N) is 4. The molecule has 2 aromatic carbocycles. The van der Waals surface area contributed by atoms with Crippen LogP contribution in [0.25, 0.3) is 0 Å². The number of carbonyl (C=O) groups excluding carboxylic acids is 3. The van der Waals surface area contributed by atoms with Gasteiger partial charge in [0, 0.05) is 42.1 Å². The Morgan fingerprint density at radius 3 is 2.61 bits per heavy atom. The molecule has 44 heavy (non-hydrogen) atoms. The maximum Gasteiger partial charge on any atom is 0.255 e. The molecule has 3 aliphatic rings. The molecule has 2 atom stereocenters. The highest BCUT2D eigenvalue weighted by molar-refractivity contribution is 6.05. The number of amides is 3. The minimum absolute atomic E-state index is 0.0595. The van der Waals surface area contributed by atoms with Gasteiger partial charge in [0.25, 0.3) is 5.91 Å². The zero-order chi connectivity index (χ0) is 30.8. The van der Waals surface area contributed by atoms with Crippen molar-refractivity contribution in [2.45, 2.75) is 50.8 Å². The minimum atomic E-state index is -0.731. The van der Waals surface area contributed by atoms with Crippen molar-refractivity contribution in [2.24, 2.45) is 5.92 Å². The number of hydrogen-bond acceptors (Lipinski definition) is 8. The summed E-state index contributed by atoms with van der Waals surface area (Å²) >= 11 is 0. The molecule has 4 heterocycles. The number of benzene rings is 2. The number of carbonyl (C=O) groups is 3. The Balaban J connectivity index is 1.09. The van der Waals surface area contributed by atoms with Crippen LogP contribution in [0, 0.1) is 23.1 Å². The first-order valence-electron chi connectivity index (χ1n) is 14.8. The maximum absolute atomic E-state index is 15.3. The van der Waals surface area contributed by atoms with Crippen LogP contribution in [0.5, 0.6) is 5.75 Å². The van der Waals surface area contributed by atoms with Crippen LogP contribution < -0.4 is 15.0 Å². The van der Waals surface area contributed by atoms with Crippen LogP contribution in [0.2, 0.25) is 0 Å². The molecule has 2 saturated heterocycles. The van der Waals surface area contributed by atoms with Crippen molar-refractivity contribution in [3.63, 3.8) is 0 Å². The number of halogens is 1. The van der Waals surface area contributed by atoms with Crippen LogP contribution in [0.4, 0.5) is 10.1 Å². The molecule has 2 fully saturated rings. The molecule has 3 aromatic rings. The number of fused-ring (bicyclic) bond motifs is 1. The lowest BCUT2D eigenvalue weighted by Crippen LogP contribution is -2.52. The van der Waals surface area contributed by atoms with Crippen LogP contribution in [-0.2, 0) is 22.7 Å². The summed E-state index contributed by atoms with van der Waals surface area (Å²) in [6.07, 6.45) is 3.79. The Morgan fingerprint density at radius 1 is 1.11 bits per heavy atom. The zero-order valence-electron chi connectivity index (χ0n) is 24.0. The molecule has 2 N–H and O–H groups in total. The Morgan fingerprint density at radius 2 is 1.93 bits per heavy atom. The standard InChI is InChI=1S/C33H32FN5O5/c34-28-14-21(27(18-40)20-10-12-38(13-11-20)24-7-6-23(15-35)36-16-24)4-5-22(28)19-44-30-3-1-2-25-26(30)17-39(33(25)43)29-8-9-31(41)37-32(29)42/h1-7,14,16,20,27,29,40H,8-13,17-19H2,(H,37,41,42)/t27?,29-/m0/s1. The minimum Gasteiger partial charge on any atom is -0.488 e. The van der Waals surface area contributed by atoms with E-state index in [9.17, 15) is 19.5 Å². The first-order chi connectivity index (χ1) is 21.4. The van der Waals surface area contributed by atoms with Gasteiger partial charge >= 0.3 is 0 Å². The summed E-state index contributed by atoms with van der Waals surface area (Å²) in [5.74, 6) is -1.15. The molecule has 10 nitrogen and oxygen atoms in total. The molecular formula is C33H32FN5O5. The van der Waals surface area contributed by atoms with E-state index in [4.69, 9.17) is 10.00 Å². The molecule has 11 heteroatoms. The van der Waals surface area contributed by atoms with Gasteiger partial charge in [-0.05, 0) is 61.1 Å². The van der Waals surface area contributed by atoms with Gasteiger partial charge in [-0.2, -0.15) is 5.26 Å². The molecular weight excluding hydrogens is 565 g/mol. The average Bonchev–Trinajstić information content (AvgIpc) is 3.38. The molecule has 0 saturated carbocycles. The van der Waals surface area contributed by atoms with Gasteiger partial charge in [0.05, 0.1) is 25.0 Å². The molecule has 3 aliphatic heterocycles. The number of hydrogen-bond donors (Lipinski definition) is 2. The second-order valence-electron chi connectivity index (χ2n) is 11.4. The first-order valence-corrected chi connectivity index (χ1v) is 14.8. The quantitative estimate of drug-likeness (QED) is 0.377. The predicted octanol–water partition coefficient (Wildman–Crippen LogP) is 3.42. The van der Waals surface area contributed by atoms with Gasteiger partial charge in [-0.3, -0.25) is 19.7 Å². The average molecular weight is 598 g/mol. The van der Waals surface area contributed by atoms with Crippen molar-refractivity contribution in [3.8, 4) is 11.8 Å². The fraction of sp³-hybridized carbons (Fsp3) is 0.364. The normalized spacial score (nSPS) is 19.4. The summed E-state index contributed by atoms with van der Waals surface area (Å²) in [7, 11) is 0. The van der Waals surface area contributed by atoms with Crippen molar-refractivity contribution in [1.29, 1.82) is 5.26 Å². The van der Waals surface area contributed by atoms with Gasteiger partial charge < -0.3 is 19.6 Å². The van der Waals surface area contributed by atoms with Crippen LogP contribution in [0.1, 0.15) is 64.3 Å². The van der Waals surface area contributed by atoms with E-state index < -0.39 is 17.8 Å². The summed E-state index contributed by atoms with van der Waals surface area (Å²) in [5, 5.41) is 21.5. The Bertz CT molecular complexity index is 1630. The largest absolute Gasteiger partial charge is 0.488 e. The van der Waals surface area contributed by atoms with Crippen molar-refractivity contribution >= 4 is 23.4 Å². The summed E-state index contributed by atoms with van der Waals surface area (Å²) in [5.41, 5.74) is 3.46. The van der Waals surface area contributed by atoms with E-state index in [1.165, 1.54) is 11.0 Å². The van der Waals surface area contributed by atoms with Crippen molar-refractivity contribution in [1.82, 2.24) is 15.2 Å². The number of ether oxygens (including phenoxy) is 1. The van der Waals surface area contributed by atoms with Gasteiger partial charge in [0.1, 0.15) is 36.0 Å². The second kappa shape index (κ2) is 12.4. The number of nitriles is 1. The number of aliphatic hydroxyl groups excluding tert-OH is 1. The third kappa shape index (κ3) is 5.73. The summed E-state index contributed by atoms with van der Waals surface area (Å²) in [4.78, 5) is 44.8. The Labute approximate surface area is 254 Å². The maximum atomic E-state index is 15.3. The predicted molar refractivity (Wildman–Crippen MR) is 157 cm³/mol. The van der Waals surface area contributed by atoms with E-state index in [1.54, 1.807) is 36.5 Å². The zero-order valence-corrected chi connectivity index (χ0v) is 24.0. The molecule has 0 spiro atoms. The van der Waals surface area contributed by atoms with E-state index in [0.717, 1.165) is 37.2 Å². The van der Waals surface area contributed by atoms with Gasteiger partial charge in [0.2, 0.25) is 11.8 Å². The van der Waals surface area contributed by atoms with Crippen molar-refractivity contribution in [2.75, 3.05) is 24.6 Å². The number of aromatic nitrogens is 1. The molecule has 1 aromatic heterocycles. The van der Waals surface area contributed by atoms with Gasteiger partial charge in [-0.15, -0.1) is 0 Å². The van der Waals surface area contributed by atoms with Crippen LogP contribution in [0.15, 0.2) is 54.7 Å². The topological polar surface area (TPSA) is 136 Å². The van der Waals surface area contributed by atoms with Gasteiger partial charge in [0.15, 0.2) is 0 Å². The monoisotopic (exact) mass is 597 g/mol. The first kappa shape index (κ1) is 29.3. The highest BCUT2D eigenvalue weighted by Gasteiger charge is 2.40. The van der Waals surface area contributed by atoms with Gasteiger partial charge in [-0.25, -0.2) is 9.37 Å². The number of imide groups is 1. The number of aliphatic hydroxyl groups is 1. The molecule has 3 amide bonds. The summed E-state index contributed by atoms with van der Waals surface area (Å²) in [6, 6.07) is 14.9. The van der Waals surface area contributed by atoms with E-state index in [0.29, 0.717) is 28.1 Å². The molecule has 0 aliphatic carbocycles. The van der Waals surface area contributed by atoms with E-state index in [1.807, 2.05) is 18.2 Å². The number of rotatable bonds is 8. The van der Waals surface area contributed by atoms with Crippen molar-refractivity contribution < 1.29 is 28.6 Å². The lowest BCUT2D eigenvalue weighted by atomic mass is 9.80. The lowest BCUT2D eigenvalue weighted by molar-refractivity contribution is -0.136. The lowest BCUT2D eigenvalue weighted by Gasteiger charge is -2.37. The fourth-order valence-electron chi connectivity index (χ4n) is 6.49. The van der Waals surface area contributed by atoms with E-state index in [-0.39, 0.29) is 56.3 Å². The smallest absolute Gasteiger partial charge is 0.255 e. The third-order valence-electron chi connectivity index (χ3n) is 8.96. The van der Waals surface area contributed by atoms with Crippen LogP contribution >= 0.6 is 0 Å². The number of pyridine rings is 1. The van der Waals surface area contributed by atoms with Crippen LogP contribution in [0.3, 0.4) is 0 Å². The van der Waals surface area contributed by atoms with Gasteiger partial charge in [-0.1, -0.05) is 18.2 Å². The summed E-state index contributed by atoms with van der Waals surface area (Å²) < 4.78 is 21.3. The molecule has 6 rings (SSSR count). The molecule has 1 unspecified atom stereocenters. The van der Waals surface area contributed by atoms with E-state index in [2.05, 4.69) is 15.2 Å². The highest BCUT2D eigenvalue weighted by atomic mass is 19.1. The SMILES string of the molecule is N#Cc1ccc(N2CCC(C(CO)c3ccc(COc4cccc5c4CN([C@H]4CCC(=O)NC4=O)C5=O)c(F)c3)CC2)cn1. The van der Waals surface area contributed by atoms with Crippen molar-refractivity contribution in [3.05, 3.63) is 88.5 Å². The number of nitrogens with one attached hydrogen (secondary N) is 1. The molecule has 0 radical (unpaired) electrons. The van der Waals surface area contributed by atoms with E-state index >= 15 is 4.39 Å². The Hall–Kier alpha value is -4.82. The molecule has 0 bridgehead atoms. The fourth-order valence-corrected chi connectivity index (χ4v) is 6.49. The Kier molecular flexibility index (Phi) is 8.26. The highest BCUT2D eigenvalue weighted by Crippen LogP contribution is 2.36. The number of anilines is 1. The molecule has 226 valence electrons. The second-order valence-corrected chi connectivity index (χ2v) is 11.4. The number of piperidine rings is 2. The summed E-state index contributed by atoms with van der Waals surface area (Å²) in [6.45, 7) is 1.56.